The van der Waals surface area contributed by atoms with Crippen LogP contribution in [0.2, 0.25) is 0 Å². The fourth-order valence-corrected chi connectivity index (χ4v) is 3.33. The van der Waals surface area contributed by atoms with Gasteiger partial charge in [0.2, 0.25) is 5.91 Å². The number of hydrazone groups is 1. The molecule has 0 radical (unpaired) electrons. The molecule has 0 aliphatic heterocycles. The van der Waals surface area contributed by atoms with Gasteiger partial charge in [-0.3, -0.25) is 4.79 Å². The number of phenolic OH excluding ortho intramolecular Hbond substituents is 1. The van der Waals surface area contributed by atoms with Gasteiger partial charge in [0.05, 0.1) is 31.3 Å². The number of nitrogens with zero attached hydrogens (tertiary/aromatic N) is 1. The molecule has 0 spiro atoms. The molecule has 2 aromatic carbocycles. The summed E-state index contributed by atoms with van der Waals surface area (Å²) in [5.74, 6) is 0.902. The van der Waals surface area contributed by atoms with Crippen molar-refractivity contribution in [3.05, 3.63) is 50.4 Å². The fraction of sp³-hybridized carbons (Fsp3) is 0.176. The van der Waals surface area contributed by atoms with Crippen LogP contribution in [0.1, 0.15) is 11.1 Å². The predicted molar refractivity (Wildman–Crippen MR) is 102 cm³/mol. The van der Waals surface area contributed by atoms with Gasteiger partial charge in [0, 0.05) is 10.0 Å². The first kappa shape index (κ1) is 19.3. The molecular formula is C17H16Br2N2O4. The minimum absolute atomic E-state index is 0.0427. The molecule has 0 bridgehead atoms. The molecule has 0 aliphatic rings. The van der Waals surface area contributed by atoms with Crippen LogP contribution in [0, 0.1) is 0 Å². The Morgan fingerprint density at radius 2 is 1.92 bits per heavy atom. The first-order valence-electron chi connectivity index (χ1n) is 7.15. The zero-order valence-electron chi connectivity index (χ0n) is 13.5. The topological polar surface area (TPSA) is 80.2 Å². The molecule has 0 aromatic heterocycles. The van der Waals surface area contributed by atoms with E-state index in [1.165, 1.54) is 13.3 Å². The number of phenols is 1. The van der Waals surface area contributed by atoms with Gasteiger partial charge in [0.1, 0.15) is 5.75 Å². The van der Waals surface area contributed by atoms with Crippen molar-refractivity contribution in [2.75, 3.05) is 14.2 Å². The third-order valence-electron chi connectivity index (χ3n) is 3.26. The summed E-state index contributed by atoms with van der Waals surface area (Å²) in [7, 11) is 3.09. The Morgan fingerprint density at radius 3 is 2.60 bits per heavy atom. The second kappa shape index (κ2) is 8.87. The summed E-state index contributed by atoms with van der Waals surface area (Å²) in [5.41, 5.74) is 3.66. The molecule has 6 nitrogen and oxygen atoms in total. The van der Waals surface area contributed by atoms with E-state index in [-0.39, 0.29) is 18.1 Å². The van der Waals surface area contributed by atoms with Gasteiger partial charge in [-0.05, 0) is 45.8 Å². The molecule has 2 N–H and O–H groups in total. The normalized spacial score (nSPS) is 10.7. The van der Waals surface area contributed by atoms with Gasteiger partial charge in [-0.25, -0.2) is 5.43 Å². The van der Waals surface area contributed by atoms with Gasteiger partial charge in [0.25, 0.3) is 0 Å². The van der Waals surface area contributed by atoms with Gasteiger partial charge < -0.3 is 14.6 Å². The standard InChI is InChI=1S/C17H16Br2N2O4/c1-24-14-4-3-10(5-15(14)25-2)6-16(22)21-20-9-11-7-12(18)8-13(19)17(11)23/h3-5,7-9,23H,6H2,1-2H3,(H,21,22)/b20-9-. The molecule has 0 saturated carbocycles. The summed E-state index contributed by atoms with van der Waals surface area (Å²) < 4.78 is 11.7. The molecule has 2 aromatic rings. The first-order chi connectivity index (χ1) is 11.9. The quantitative estimate of drug-likeness (QED) is 0.498. The molecule has 0 fully saturated rings. The van der Waals surface area contributed by atoms with Crippen molar-refractivity contribution in [3.63, 3.8) is 0 Å². The lowest BCUT2D eigenvalue weighted by Crippen LogP contribution is -2.19. The highest BCUT2D eigenvalue weighted by Gasteiger charge is 2.08. The van der Waals surface area contributed by atoms with Crippen molar-refractivity contribution >= 4 is 44.0 Å². The van der Waals surface area contributed by atoms with Gasteiger partial charge in [-0.15, -0.1) is 0 Å². The molecule has 0 heterocycles. The van der Waals surface area contributed by atoms with Crippen LogP contribution in [-0.2, 0) is 11.2 Å². The first-order valence-corrected chi connectivity index (χ1v) is 8.74. The minimum atomic E-state index is -0.294. The molecule has 25 heavy (non-hydrogen) atoms. The molecular weight excluding hydrogens is 456 g/mol. The van der Waals surface area contributed by atoms with E-state index >= 15 is 0 Å². The minimum Gasteiger partial charge on any atom is -0.506 e. The third-order valence-corrected chi connectivity index (χ3v) is 4.33. The van der Waals surface area contributed by atoms with Crippen LogP contribution in [0.3, 0.4) is 0 Å². The van der Waals surface area contributed by atoms with Gasteiger partial charge in [0.15, 0.2) is 11.5 Å². The maximum atomic E-state index is 12.0. The number of aromatic hydroxyl groups is 1. The van der Waals surface area contributed by atoms with Crippen LogP contribution < -0.4 is 14.9 Å². The van der Waals surface area contributed by atoms with Crippen molar-refractivity contribution in [1.29, 1.82) is 0 Å². The molecule has 0 unspecified atom stereocenters. The number of ether oxygens (including phenoxy) is 2. The second-order valence-corrected chi connectivity index (χ2v) is 6.75. The summed E-state index contributed by atoms with van der Waals surface area (Å²) in [6, 6.07) is 8.65. The lowest BCUT2D eigenvalue weighted by molar-refractivity contribution is -0.120. The number of hydrogen-bond donors (Lipinski definition) is 2. The fourth-order valence-electron chi connectivity index (χ4n) is 2.07. The van der Waals surface area contributed by atoms with Crippen molar-refractivity contribution in [2.45, 2.75) is 6.42 Å². The van der Waals surface area contributed by atoms with Crippen LogP contribution in [0.15, 0.2) is 44.4 Å². The Kier molecular flexibility index (Phi) is 6.83. The molecule has 2 rings (SSSR count). The Labute approximate surface area is 162 Å². The molecule has 0 atom stereocenters. The lowest BCUT2D eigenvalue weighted by atomic mass is 10.1. The highest BCUT2D eigenvalue weighted by molar-refractivity contribution is 9.11. The van der Waals surface area contributed by atoms with Crippen molar-refractivity contribution in [1.82, 2.24) is 5.43 Å². The SMILES string of the molecule is COc1ccc(CC(=O)N/N=C\c2cc(Br)cc(Br)c2O)cc1OC. The average molecular weight is 472 g/mol. The van der Waals surface area contributed by atoms with Crippen LogP contribution in [0.25, 0.3) is 0 Å². The molecule has 8 heteroatoms. The van der Waals surface area contributed by atoms with Gasteiger partial charge >= 0.3 is 0 Å². The highest BCUT2D eigenvalue weighted by Crippen LogP contribution is 2.30. The molecule has 0 saturated heterocycles. The van der Waals surface area contributed by atoms with Gasteiger partial charge in [-0.2, -0.15) is 5.10 Å². The summed E-state index contributed by atoms with van der Waals surface area (Å²) >= 11 is 6.56. The van der Waals surface area contributed by atoms with E-state index in [9.17, 15) is 9.90 Å². The summed E-state index contributed by atoms with van der Waals surface area (Å²) in [5, 5.41) is 13.8. The van der Waals surface area contributed by atoms with E-state index in [0.29, 0.717) is 21.5 Å². The van der Waals surface area contributed by atoms with E-state index in [2.05, 4.69) is 42.4 Å². The molecule has 132 valence electrons. The van der Waals surface area contributed by atoms with E-state index in [4.69, 9.17) is 9.47 Å². The molecule has 1 amide bonds. The average Bonchev–Trinajstić information content (AvgIpc) is 2.58. The Morgan fingerprint density at radius 1 is 1.20 bits per heavy atom. The highest BCUT2D eigenvalue weighted by atomic mass is 79.9. The lowest BCUT2D eigenvalue weighted by Gasteiger charge is -2.09. The molecule has 0 aliphatic carbocycles. The van der Waals surface area contributed by atoms with Crippen molar-refractivity contribution < 1.29 is 19.4 Å². The number of carbonyl (C=O) groups is 1. The number of methoxy groups -OCH3 is 2. The van der Waals surface area contributed by atoms with Crippen LogP contribution >= 0.6 is 31.9 Å². The Hall–Kier alpha value is -2.06. The van der Waals surface area contributed by atoms with Crippen LogP contribution in [0.4, 0.5) is 0 Å². The van der Waals surface area contributed by atoms with Crippen LogP contribution in [-0.4, -0.2) is 31.4 Å². The zero-order chi connectivity index (χ0) is 18.4. The van der Waals surface area contributed by atoms with Crippen LogP contribution in [0.5, 0.6) is 17.2 Å². The maximum Gasteiger partial charge on any atom is 0.244 e. The number of halogens is 2. The van der Waals surface area contributed by atoms with E-state index < -0.39 is 0 Å². The second-order valence-electron chi connectivity index (χ2n) is 4.98. The van der Waals surface area contributed by atoms with E-state index in [1.807, 2.05) is 0 Å². The number of hydrogen-bond acceptors (Lipinski definition) is 5. The number of amides is 1. The van der Waals surface area contributed by atoms with E-state index in [0.717, 1.165) is 10.0 Å². The number of carbonyl (C=O) groups excluding carboxylic acids is 1. The Balaban J connectivity index is 2.01. The zero-order valence-corrected chi connectivity index (χ0v) is 16.7. The summed E-state index contributed by atoms with van der Waals surface area (Å²) in [6.07, 6.45) is 1.50. The number of nitrogens with one attached hydrogen (secondary N) is 1. The third kappa shape index (κ3) is 5.20. The van der Waals surface area contributed by atoms with Crippen molar-refractivity contribution in [2.24, 2.45) is 5.10 Å². The van der Waals surface area contributed by atoms with Crippen molar-refractivity contribution in [3.8, 4) is 17.2 Å². The monoisotopic (exact) mass is 470 g/mol. The largest absolute Gasteiger partial charge is 0.506 e. The van der Waals surface area contributed by atoms with Gasteiger partial charge in [-0.1, -0.05) is 22.0 Å². The summed E-state index contributed by atoms with van der Waals surface area (Å²) in [6.45, 7) is 0. The Bertz CT molecular complexity index is 809. The smallest absolute Gasteiger partial charge is 0.244 e. The number of rotatable bonds is 6. The van der Waals surface area contributed by atoms with E-state index in [1.54, 1.807) is 37.4 Å². The predicted octanol–water partition coefficient (Wildman–Crippen LogP) is 3.63. The summed E-state index contributed by atoms with van der Waals surface area (Å²) in [4.78, 5) is 12.0. The maximum absolute atomic E-state index is 12.0. The number of benzene rings is 2.